The molecule has 0 saturated carbocycles. The van der Waals surface area contributed by atoms with E-state index in [2.05, 4.69) is 66.1 Å². The van der Waals surface area contributed by atoms with Gasteiger partial charge in [-0.05, 0) is 73.4 Å². The molecule has 0 radical (unpaired) electrons. The van der Waals surface area contributed by atoms with Gasteiger partial charge in [0.05, 0.1) is 17.6 Å². The van der Waals surface area contributed by atoms with E-state index in [0.29, 0.717) is 0 Å². The molecule has 0 aliphatic heterocycles. The molecule has 30 heavy (non-hydrogen) atoms. The van der Waals surface area contributed by atoms with Crippen molar-refractivity contribution in [3.05, 3.63) is 102 Å². The van der Waals surface area contributed by atoms with Gasteiger partial charge in [0.2, 0.25) is 0 Å². The number of nitrogens with zero attached hydrogens (tertiary/aromatic N) is 3. The first-order valence-corrected chi connectivity index (χ1v) is 10.6. The maximum Gasteiger partial charge on any atom is 0.0652 e. The van der Waals surface area contributed by atoms with Crippen LogP contribution in [0.5, 0.6) is 0 Å². The van der Waals surface area contributed by atoms with Crippen molar-refractivity contribution in [2.45, 2.75) is 26.3 Å². The molecule has 3 heteroatoms. The molecule has 0 spiro atoms. The van der Waals surface area contributed by atoms with Crippen LogP contribution in [0.4, 0.5) is 11.4 Å². The number of anilines is 2. The molecule has 148 valence electrons. The van der Waals surface area contributed by atoms with Gasteiger partial charge >= 0.3 is 0 Å². The fourth-order valence-corrected chi connectivity index (χ4v) is 4.30. The summed E-state index contributed by atoms with van der Waals surface area (Å²) in [7, 11) is 0. The Kier molecular flexibility index (Phi) is 4.94. The third-order valence-electron chi connectivity index (χ3n) is 5.71. The minimum atomic E-state index is 0.986. The summed E-state index contributed by atoms with van der Waals surface area (Å²) < 4.78 is 2.42. The first-order chi connectivity index (χ1) is 14.8. The van der Waals surface area contributed by atoms with Crippen LogP contribution in [0.25, 0.3) is 17.0 Å². The summed E-state index contributed by atoms with van der Waals surface area (Å²) in [4.78, 5) is 0. The van der Waals surface area contributed by atoms with Gasteiger partial charge in [0, 0.05) is 23.1 Å². The average Bonchev–Trinajstić information content (AvgIpc) is 3.14. The fourth-order valence-electron chi connectivity index (χ4n) is 4.30. The van der Waals surface area contributed by atoms with E-state index >= 15 is 0 Å². The van der Waals surface area contributed by atoms with Gasteiger partial charge in [-0.15, -0.1) is 0 Å². The molecular formula is C27H25N3. The molecule has 0 N–H and O–H groups in total. The molecule has 4 aromatic rings. The zero-order valence-corrected chi connectivity index (χ0v) is 17.2. The van der Waals surface area contributed by atoms with Gasteiger partial charge in [0.1, 0.15) is 0 Å². The molecule has 1 heterocycles. The van der Waals surface area contributed by atoms with E-state index in [1.165, 1.54) is 22.2 Å². The number of aryl methyl sites for hydroxylation is 2. The van der Waals surface area contributed by atoms with Crippen LogP contribution in [-0.4, -0.2) is 10.8 Å². The van der Waals surface area contributed by atoms with Crippen molar-refractivity contribution >= 4 is 34.6 Å². The lowest BCUT2D eigenvalue weighted by atomic mass is 10.00. The maximum absolute atomic E-state index is 4.87. The highest BCUT2D eigenvalue weighted by Gasteiger charge is 2.16. The van der Waals surface area contributed by atoms with E-state index in [-0.39, 0.29) is 0 Å². The number of rotatable bonds is 5. The number of hydrogen-bond donors (Lipinski definition) is 0. The van der Waals surface area contributed by atoms with Crippen LogP contribution in [0.1, 0.15) is 30.2 Å². The molecule has 1 aliphatic rings. The number of aromatic nitrogens is 1. The number of benzene rings is 3. The highest BCUT2D eigenvalue weighted by Crippen LogP contribution is 2.32. The lowest BCUT2D eigenvalue weighted by molar-refractivity contribution is 0.778. The summed E-state index contributed by atoms with van der Waals surface area (Å²) >= 11 is 0. The summed E-state index contributed by atoms with van der Waals surface area (Å²) in [6.45, 7) is 3.20. The van der Waals surface area contributed by atoms with Gasteiger partial charge in [0.15, 0.2) is 0 Å². The van der Waals surface area contributed by atoms with Gasteiger partial charge in [-0.2, -0.15) is 5.10 Å². The topological polar surface area (TPSA) is 20.5 Å². The second-order valence-electron chi connectivity index (χ2n) is 7.55. The summed E-state index contributed by atoms with van der Waals surface area (Å²) in [6, 6.07) is 27.2. The van der Waals surface area contributed by atoms with Crippen molar-refractivity contribution in [1.29, 1.82) is 0 Å². The van der Waals surface area contributed by atoms with Gasteiger partial charge in [-0.1, -0.05) is 48.5 Å². The lowest BCUT2D eigenvalue weighted by Crippen LogP contribution is -2.09. The van der Waals surface area contributed by atoms with E-state index in [0.717, 1.165) is 36.3 Å². The molecule has 5 rings (SSSR count). The molecule has 0 bridgehead atoms. The first-order valence-electron chi connectivity index (χ1n) is 10.6. The molecule has 0 amide bonds. The van der Waals surface area contributed by atoms with E-state index in [1.54, 1.807) is 0 Å². The Labute approximate surface area is 177 Å². The second kappa shape index (κ2) is 8.03. The maximum atomic E-state index is 4.87. The summed E-state index contributed by atoms with van der Waals surface area (Å²) in [6.07, 6.45) is 8.75. The van der Waals surface area contributed by atoms with Crippen LogP contribution in [0, 0.1) is 0 Å². The summed E-state index contributed by atoms with van der Waals surface area (Å²) in [5.74, 6) is 0. The van der Waals surface area contributed by atoms with Gasteiger partial charge in [-0.3, -0.25) is 0 Å². The van der Waals surface area contributed by atoms with Crippen LogP contribution < -0.4 is 5.01 Å². The Balaban J connectivity index is 1.56. The van der Waals surface area contributed by atoms with Crippen molar-refractivity contribution < 1.29 is 0 Å². The Morgan fingerprint density at radius 3 is 2.30 bits per heavy atom. The quantitative estimate of drug-likeness (QED) is 0.271. The fraction of sp³-hybridized carbons (Fsp3) is 0.148. The van der Waals surface area contributed by atoms with Crippen molar-refractivity contribution in [3.63, 3.8) is 0 Å². The number of hydrogen-bond acceptors (Lipinski definition) is 2. The van der Waals surface area contributed by atoms with E-state index in [1.807, 2.05) is 47.6 Å². The van der Waals surface area contributed by atoms with Crippen molar-refractivity contribution in [2.24, 2.45) is 5.10 Å². The van der Waals surface area contributed by atoms with Crippen LogP contribution in [0.2, 0.25) is 0 Å². The zero-order chi connectivity index (χ0) is 20.3. The molecule has 1 aliphatic carbocycles. The van der Waals surface area contributed by atoms with Crippen molar-refractivity contribution in [1.82, 2.24) is 4.57 Å². The number of para-hydroxylation sites is 2. The highest BCUT2D eigenvalue weighted by atomic mass is 15.5. The SMILES string of the molecule is CCn1c2c(c3cc(/C=N/N(c4ccccc4)c4ccccc4)ccc31)CCC=C2. The van der Waals surface area contributed by atoms with E-state index in [4.69, 9.17) is 5.10 Å². The Morgan fingerprint density at radius 1 is 0.933 bits per heavy atom. The summed E-state index contributed by atoms with van der Waals surface area (Å²) in [5, 5.41) is 8.21. The van der Waals surface area contributed by atoms with Crippen LogP contribution >= 0.6 is 0 Å². The number of hydrazone groups is 1. The number of fused-ring (bicyclic) bond motifs is 3. The first kappa shape index (κ1) is 18.4. The Bertz CT molecular complexity index is 1180. The number of allylic oxidation sites excluding steroid dienone is 1. The highest BCUT2D eigenvalue weighted by molar-refractivity contribution is 5.94. The normalized spacial score (nSPS) is 13.1. The van der Waals surface area contributed by atoms with E-state index in [9.17, 15) is 0 Å². The second-order valence-corrected chi connectivity index (χ2v) is 7.55. The van der Waals surface area contributed by atoms with Crippen molar-refractivity contribution in [2.75, 3.05) is 5.01 Å². The smallest absolute Gasteiger partial charge is 0.0652 e. The minimum Gasteiger partial charge on any atom is -0.341 e. The average molecular weight is 392 g/mol. The molecule has 3 aromatic carbocycles. The molecule has 3 nitrogen and oxygen atoms in total. The Morgan fingerprint density at radius 2 is 1.63 bits per heavy atom. The predicted molar refractivity (Wildman–Crippen MR) is 128 cm³/mol. The van der Waals surface area contributed by atoms with Gasteiger partial charge < -0.3 is 4.57 Å². The predicted octanol–water partition coefficient (Wildman–Crippen LogP) is 6.79. The van der Waals surface area contributed by atoms with E-state index < -0.39 is 0 Å². The molecule has 1 aromatic heterocycles. The van der Waals surface area contributed by atoms with Crippen LogP contribution in [-0.2, 0) is 13.0 Å². The van der Waals surface area contributed by atoms with Crippen LogP contribution in [0.3, 0.4) is 0 Å². The monoisotopic (exact) mass is 391 g/mol. The molecule has 0 saturated heterocycles. The largest absolute Gasteiger partial charge is 0.341 e. The summed E-state index contributed by atoms with van der Waals surface area (Å²) in [5.41, 5.74) is 7.34. The third kappa shape index (κ3) is 3.33. The van der Waals surface area contributed by atoms with Gasteiger partial charge in [-0.25, -0.2) is 5.01 Å². The van der Waals surface area contributed by atoms with Crippen molar-refractivity contribution in [3.8, 4) is 0 Å². The standard InChI is InChI=1S/C27H25N3/c1-2-29-26-16-10-9-15-24(26)25-19-21(17-18-27(25)29)20-28-30(22-11-5-3-6-12-22)23-13-7-4-8-14-23/h3-8,10-14,16-20H,2,9,15H2,1H3/b28-20+. The minimum absolute atomic E-state index is 0.986. The molecule has 0 unspecified atom stereocenters. The van der Waals surface area contributed by atoms with Gasteiger partial charge in [0.25, 0.3) is 0 Å². The lowest BCUT2D eigenvalue weighted by Gasteiger charge is -2.19. The molecule has 0 fully saturated rings. The van der Waals surface area contributed by atoms with Crippen LogP contribution in [0.15, 0.2) is 90.0 Å². The molecular weight excluding hydrogens is 366 g/mol. The Hall–Kier alpha value is -3.59. The third-order valence-corrected chi connectivity index (χ3v) is 5.71. The zero-order valence-electron chi connectivity index (χ0n) is 17.2. The molecule has 0 atom stereocenters.